The van der Waals surface area contributed by atoms with Crippen molar-refractivity contribution in [1.29, 1.82) is 0 Å². The van der Waals surface area contributed by atoms with Gasteiger partial charge in [-0.1, -0.05) is 24.3 Å². The molecule has 4 N–H and O–H groups in total. The molecule has 5 heteroatoms. The average Bonchev–Trinajstić information content (AvgIpc) is 2.51. The monoisotopic (exact) mass is 326 g/mol. The molecular weight excluding hydrogens is 308 g/mol. The number of Topliss-reactive ketones (excluding diaryl/α,β-unsaturated/α-hetero) is 1. The first-order valence-corrected chi connectivity index (χ1v) is 7.34. The topological polar surface area (TPSA) is 98.0 Å². The second-order valence-electron chi connectivity index (χ2n) is 5.24. The number of carbonyl (C=O) groups excluding carboxylic acids is 1. The van der Waals surface area contributed by atoms with E-state index in [9.17, 15) is 25.2 Å². The maximum Gasteiger partial charge on any atom is 0.140 e. The fourth-order valence-corrected chi connectivity index (χ4v) is 2.06. The highest BCUT2D eigenvalue weighted by Gasteiger charge is 2.01. The first-order chi connectivity index (χ1) is 11.5. The molecule has 0 aliphatic carbocycles. The second kappa shape index (κ2) is 7.87. The Morgan fingerprint density at radius 3 is 1.54 bits per heavy atom. The van der Waals surface area contributed by atoms with Crippen LogP contribution in [-0.2, 0) is 4.79 Å². The van der Waals surface area contributed by atoms with Crippen molar-refractivity contribution in [3.63, 3.8) is 0 Å². The van der Waals surface area contributed by atoms with Gasteiger partial charge in [0.2, 0.25) is 0 Å². The molecule has 0 radical (unpaired) electrons. The summed E-state index contributed by atoms with van der Waals surface area (Å²) in [6.07, 6.45) is 6.91. The molecule has 0 heterocycles. The zero-order valence-corrected chi connectivity index (χ0v) is 12.9. The summed E-state index contributed by atoms with van der Waals surface area (Å²) in [5, 5.41) is 37.6. The Kier molecular flexibility index (Phi) is 5.63. The number of ketones is 1. The quantitative estimate of drug-likeness (QED) is 0.650. The van der Waals surface area contributed by atoms with Gasteiger partial charge in [-0.25, -0.2) is 0 Å². The number of carbonyl (C=O) groups is 1. The first-order valence-electron chi connectivity index (χ1n) is 7.34. The lowest BCUT2D eigenvalue weighted by atomic mass is 10.1. The van der Waals surface area contributed by atoms with Gasteiger partial charge in [-0.15, -0.1) is 0 Å². The lowest BCUT2D eigenvalue weighted by Gasteiger charge is -2.00. The summed E-state index contributed by atoms with van der Waals surface area (Å²) in [5.74, 6) is -0.187. The van der Waals surface area contributed by atoms with Gasteiger partial charge >= 0.3 is 0 Å². The maximum atomic E-state index is 11.8. The molecule has 0 saturated heterocycles. The largest absolute Gasteiger partial charge is 0.508 e. The van der Waals surface area contributed by atoms with Gasteiger partial charge in [0, 0.05) is 36.1 Å². The van der Waals surface area contributed by atoms with E-state index in [1.165, 1.54) is 24.3 Å². The van der Waals surface area contributed by atoms with Gasteiger partial charge < -0.3 is 20.4 Å². The minimum absolute atomic E-state index is 0.0247. The van der Waals surface area contributed by atoms with Crippen LogP contribution in [0, 0.1) is 0 Å². The number of hydrogen-bond donors (Lipinski definition) is 4. The third kappa shape index (κ3) is 4.91. The number of rotatable bonds is 6. The molecular formula is C19H18O5. The molecule has 0 fully saturated rings. The Balaban J connectivity index is 1.87. The second-order valence-corrected chi connectivity index (χ2v) is 5.24. The number of hydrogen-bond acceptors (Lipinski definition) is 5. The van der Waals surface area contributed by atoms with Crippen LogP contribution >= 0.6 is 0 Å². The van der Waals surface area contributed by atoms with E-state index < -0.39 is 0 Å². The average molecular weight is 326 g/mol. The molecule has 0 aromatic heterocycles. The third-order valence-corrected chi connectivity index (χ3v) is 3.31. The summed E-state index contributed by atoms with van der Waals surface area (Å²) in [5.41, 5.74) is 1.04. The van der Waals surface area contributed by atoms with Crippen LogP contribution in [0.2, 0.25) is 0 Å². The molecule has 0 aliphatic heterocycles. The fraction of sp³-hybridized carbons (Fsp3) is 0.105. The molecule has 0 bridgehead atoms. The molecule has 0 saturated carbocycles. The van der Waals surface area contributed by atoms with Crippen molar-refractivity contribution >= 4 is 17.9 Å². The van der Waals surface area contributed by atoms with Crippen molar-refractivity contribution in [3.05, 3.63) is 59.7 Å². The molecule has 0 unspecified atom stereocenters. The number of allylic oxidation sites excluding steroid dienone is 2. The predicted octanol–water partition coefficient (Wildman–Crippen LogP) is 3.58. The highest BCUT2D eigenvalue weighted by Crippen LogP contribution is 2.24. The number of aromatic hydroxyl groups is 4. The molecule has 0 aliphatic rings. The van der Waals surface area contributed by atoms with Gasteiger partial charge in [0.1, 0.15) is 28.8 Å². The number of benzene rings is 2. The van der Waals surface area contributed by atoms with E-state index in [0.29, 0.717) is 11.1 Å². The summed E-state index contributed by atoms with van der Waals surface area (Å²) in [4.78, 5) is 11.8. The summed E-state index contributed by atoms with van der Waals surface area (Å²) >= 11 is 0. The van der Waals surface area contributed by atoms with E-state index >= 15 is 0 Å². The van der Waals surface area contributed by atoms with Crippen molar-refractivity contribution in [2.24, 2.45) is 0 Å². The van der Waals surface area contributed by atoms with Crippen molar-refractivity contribution in [1.82, 2.24) is 0 Å². The van der Waals surface area contributed by atoms with E-state index in [1.54, 1.807) is 36.4 Å². The highest BCUT2D eigenvalue weighted by atomic mass is 16.3. The van der Waals surface area contributed by atoms with Crippen LogP contribution in [0.15, 0.2) is 48.6 Å². The van der Waals surface area contributed by atoms with Crippen LogP contribution < -0.4 is 0 Å². The van der Waals surface area contributed by atoms with Crippen molar-refractivity contribution in [2.45, 2.75) is 12.8 Å². The number of phenols is 4. The Morgan fingerprint density at radius 2 is 1.17 bits per heavy atom. The molecule has 0 amide bonds. The van der Waals surface area contributed by atoms with Gasteiger partial charge in [0.25, 0.3) is 0 Å². The highest BCUT2D eigenvalue weighted by molar-refractivity contribution is 5.83. The van der Waals surface area contributed by atoms with Crippen LogP contribution in [0.25, 0.3) is 12.2 Å². The van der Waals surface area contributed by atoms with Gasteiger partial charge in [0.15, 0.2) is 0 Å². The standard InChI is InChI=1S/C19H18O5/c20-15(5-1-3-13-7-9-16(21)11-18(13)23)6-2-4-14-8-10-17(22)12-19(14)24/h1-4,7-12,21-24H,5-6H2. The van der Waals surface area contributed by atoms with Crippen molar-refractivity contribution in [2.75, 3.05) is 0 Å². The SMILES string of the molecule is O=C(CC=Cc1ccc(O)cc1O)CC=Cc1ccc(O)cc1O. The zero-order chi connectivity index (χ0) is 17.5. The van der Waals surface area contributed by atoms with Crippen LogP contribution in [0.5, 0.6) is 23.0 Å². The smallest absolute Gasteiger partial charge is 0.140 e. The van der Waals surface area contributed by atoms with Crippen LogP contribution in [0.1, 0.15) is 24.0 Å². The first kappa shape index (κ1) is 17.1. The normalized spacial score (nSPS) is 11.3. The molecule has 24 heavy (non-hydrogen) atoms. The van der Waals surface area contributed by atoms with E-state index in [2.05, 4.69) is 0 Å². The van der Waals surface area contributed by atoms with Gasteiger partial charge in [-0.3, -0.25) is 4.79 Å². The van der Waals surface area contributed by atoms with Crippen molar-refractivity contribution in [3.8, 4) is 23.0 Å². The molecule has 2 rings (SSSR count). The summed E-state index contributed by atoms with van der Waals surface area (Å²) in [6, 6.07) is 8.48. The van der Waals surface area contributed by atoms with Crippen LogP contribution in [-0.4, -0.2) is 26.2 Å². The van der Waals surface area contributed by atoms with Gasteiger partial charge in [-0.2, -0.15) is 0 Å². The third-order valence-electron chi connectivity index (χ3n) is 3.31. The number of phenolic OH excluding ortho intramolecular Hbond substituents is 4. The molecule has 0 spiro atoms. The fourth-order valence-electron chi connectivity index (χ4n) is 2.06. The van der Waals surface area contributed by atoms with E-state index in [4.69, 9.17) is 0 Å². The summed E-state index contributed by atoms with van der Waals surface area (Å²) in [6.45, 7) is 0. The van der Waals surface area contributed by atoms with Crippen LogP contribution in [0.4, 0.5) is 0 Å². The zero-order valence-electron chi connectivity index (χ0n) is 12.9. The van der Waals surface area contributed by atoms with Crippen molar-refractivity contribution < 1.29 is 25.2 Å². The van der Waals surface area contributed by atoms with Gasteiger partial charge in [0.05, 0.1) is 0 Å². The van der Waals surface area contributed by atoms with E-state index in [1.807, 2.05) is 0 Å². The molecule has 0 atom stereocenters. The minimum atomic E-state index is -0.0543. The molecule has 124 valence electrons. The molecule has 5 nitrogen and oxygen atoms in total. The Bertz CT molecular complexity index is 725. The Labute approximate surface area is 139 Å². The summed E-state index contributed by atoms with van der Waals surface area (Å²) in [7, 11) is 0. The predicted molar refractivity (Wildman–Crippen MR) is 91.9 cm³/mol. The Morgan fingerprint density at radius 1 is 0.750 bits per heavy atom. The lowest BCUT2D eigenvalue weighted by molar-refractivity contribution is -0.117. The van der Waals surface area contributed by atoms with Gasteiger partial charge in [-0.05, 0) is 24.3 Å². The minimum Gasteiger partial charge on any atom is -0.508 e. The maximum absolute atomic E-state index is 11.8. The van der Waals surface area contributed by atoms with E-state index in [0.717, 1.165) is 0 Å². The Hall–Kier alpha value is -3.21. The van der Waals surface area contributed by atoms with E-state index in [-0.39, 0.29) is 41.6 Å². The summed E-state index contributed by atoms with van der Waals surface area (Å²) < 4.78 is 0. The lowest BCUT2D eigenvalue weighted by Crippen LogP contribution is -1.92. The molecule has 2 aromatic rings. The molecule has 2 aromatic carbocycles. The van der Waals surface area contributed by atoms with Crippen LogP contribution in [0.3, 0.4) is 0 Å².